The van der Waals surface area contributed by atoms with Gasteiger partial charge in [-0.3, -0.25) is 18.7 Å². The molecule has 0 spiro atoms. The molecule has 0 saturated heterocycles. The first kappa shape index (κ1) is 63.6. The van der Waals surface area contributed by atoms with Crippen molar-refractivity contribution in [3.05, 3.63) is 152 Å². The molecule has 80 heavy (non-hydrogen) atoms. The van der Waals surface area contributed by atoms with Crippen LogP contribution in [-0.2, 0) is 63.2 Å². The summed E-state index contributed by atoms with van der Waals surface area (Å²) in [6, 6.07) is 10.2. The summed E-state index contributed by atoms with van der Waals surface area (Å²) in [6.07, 6.45) is 19.1. The largest absolute Gasteiger partial charge is 1.00 e. The third kappa shape index (κ3) is 16.9. The van der Waals surface area contributed by atoms with Gasteiger partial charge in [-0.2, -0.15) is 21.4 Å². The fourth-order valence-electron chi connectivity index (χ4n) is 9.13. The zero-order valence-electron chi connectivity index (χ0n) is 44.7. The monoisotopic (exact) mass is 1160 g/mol. The van der Waals surface area contributed by atoms with Gasteiger partial charge in [0.15, 0.2) is 18.8 Å². The molecule has 2 aromatic heterocycles. The van der Waals surface area contributed by atoms with Gasteiger partial charge in [-0.15, -0.1) is 0 Å². The van der Waals surface area contributed by atoms with E-state index in [1.54, 1.807) is 42.5 Å². The Morgan fingerprint density at radius 3 is 1.74 bits per heavy atom. The summed E-state index contributed by atoms with van der Waals surface area (Å²) in [4.78, 5) is 81.3. The van der Waals surface area contributed by atoms with Gasteiger partial charge in [-0.25, -0.2) is 18.7 Å². The van der Waals surface area contributed by atoms with Crippen LogP contribution < -0.4 is 45.1 Å². The van der Waals surface area contributed by atoms with Gasteiger partial charge < -0.3 is 45.2 Å². The number of carbonyl (C=O) groups excluding carboxylic acids is 4. The predicted octanol–water partition coefficient (Wildman–Crippen LogP) is 1.91. The number of allylic oxidation sites excluding steroid dienone is 8. The molecule has 26 nitrogen and oxygen atoms in total. The number of amides is 2. The molecule has 4 N–H and O–H groups in total. The van der Waals surface area contributed by atoms with Crippen LogP contribution in [0.3, 0.4) is 0 Å². The van der Waals surface area contributed by atoms with Gasteiger partial charge in [0.1, 0.15) is 44.5 Å². The average Bonchev–Trinajstić information content (AvgIpc) is 4.13. The van der Waals surface area contributed by atoms with Crippen molar-refractivity contribution in [2.45, 2.75) is 77.3 Å². The number of esters is 2. The molecule has 2 amide bonds. The van der Waals surface area contributed by atoms with Crippen molar-refractivity contribution in [3.8, 4) is 0 Å². The van der Waals surface area contributed by atoms with Gasteiger partial charge in [-0.05, 0) is 84.9 Å². The summed E-state index contributed by atoms with van der Waals surface area (Å²) in [5, 5.41) is 27.4. The Morgan fingerprint density at radius 2 is 1.20 bits per heavy atom. The number of ether oxygens (including phenoxy) is 2. The van der Waals surface area contributed by atoms with E-state index in [2.05, 4.69) is 20.6 Å². The first-order chi connectivity index (χ1) is 37.3. The SMILES string of the molecule is CC1(C)C(=CC=CC=CC=CC2=[N+](CCCCS(=O)(=O)O)c3ccc(C(=O)OCCNC(=O)Cn4ccnc4[N+](=O)[O-])cc3C2(C)C)N(CCCCS(=O)(=O)O)c2ccc(C(=O)OCCNC(=O)Cn3ccnc3[N+](=O)[O-])cc21.[Na+]. The molecule has 0 radical (unpaired) electrons. The fourth-order valence-corrected chi connectivity index (χ4v) is 10.3. The van der Waals surface area contributed by atoms with E-state index >= 15 is 0 Å². The van der Waals surface area contributed by atoms with E-state index in [1.165, 1.54) is 24.8 Å². The quantitative estimate of drug-likeness (QED) is 0.00922. The van der Waals surface area contributed by atoms with Crippen LogP contribution in [0.1, 0.15) is 85.2 Å². The second-order valence-corrected chi connectivity index (χ2v) is 22.4. The van der Waals surface area contributed by atoms with E-state index in [4.69, 9.17) is 9.47 Å². The number of aromatic nitrogens is 4. The molecule has 2 aromatic carbocycles. The summed E-state index contributed by atoms with van der Waals surface area (Å²) >= 11 is 0. The van der Waals surface area contributed by atoms with E-state index in [1.807, 2.05) is 73.6 Å². The molecule has 0 aliphatic carbocycles. The molecule has 2 aliphatic heterocycles. The maximum atomic E-state index is 13.2. The van der Waals surface area contributed by atoms with Crippen molar-refractivity contribution >= 4 is 73.0 Å². The van der Waals surface area contributed by atoms with Crippen LogP contribution in [0.2, 0.25) is 0 Å². The van der Waals surface area contributed by atoms with E-state index in [0.717, 1.165) is 43.0 Å². The zero-order valence-corrected chi connectivity index (χ0v) is 48.4. The van der Waals surface area contributed by atoms with Crippen LogP contribution >= 0.6 is 0 Å². The van der Waals surface area contributed by atoms with Crippen LogP contribution in [0.15, 0.2) is 109 Å². The number of fused-ring (bicyclic) bond motifs is 2. The predicted molar refractivity (Wildman–Crippen MR) is 287 cm³/mol. The van der Waals surface area contributed by atoms with Crippen molar-refractivity contribution in [1.29, 1.82) is 0 Å². The normalized spacial score (nSPS) is 15.1. The number of hydrogen-bond acceptors (Lipinski definition) is 17. The van der Waals surface area contributed by atoms with E-state index < -0.39 is 88.1 Å². The number of carbonyl (C=O) groups is 4. The fraction of sp³-hybridized carbons (Fsp3) is 0.392. The Labute approximate surface area is 483 Å². The number of unbranched alkanes of at least 4 members (excludes halogenated alkanes) is 2. The minimum Gasteiger partial charge on any atom is -0.460 e. The van der Waals surface area contributed by atoms with Crippen molar-refractivity contribution in [2.75, 3.05) is 55.8 Å². The molecular weight excluding hydrogens is 1100 g/mol. The van der Waals surface area contributed by atoms with E-state index in [9.17, 15) is 65.3 Å². The van der Waals surface area contributed by atoms with Crippen molar-refractivity contribution in [2.24, 2.45) is 0 Å². The number of nitrogens with one attached hydrogen (secondary N) is 2. The second kappa shape index (κ2) is 27.8. The zero-order chi connectivity index (χ0) is 57.7. The molecule has 0 atom stereocenters. The minimum absolute atomic E-state index is 0. The molecule has 422 valence electrons. The molecule has 2 aliphatic rings. The van der Waals surface area contributed by atoms with Gasteiger partial charge in [0, 0.05) is 47.5 Å². The van der Waals surface area contributed by atoms with Crippen molar-refractivity contribution < 1.29 is 98.6 Å². The summed E-state index contributed by atoms with van der Waals surface area (Å²) in [5.74, 6) is -4.20. The molecule has 0 unspecified atom stereocenters. The molecule has 4 heterocycles. The van der Waals surface area contributed by atoms with Gasteiger partial charge in [0.2, 0.25) is 5.69 Å². The average molecular weight is 1160 g/mol. The smallest absolute Gasteiger partial charge is 0.460 e. The van der Waals surface area contributed by atoms with Crippen LogP contribution in [0.25, 0.3) is 0 Å². The number of imidazole rings is 2. The minimum atomic E-state index is -4.18. The van der Waals surface area contributed by atoms with Gasteiger partial charge >= 0.3 is 53.4 Å². The number of benzene rings is 2. The van der Waals surface area contributed by atoms with Crippen LogP contribution in [-0.4, -0.2) is 140 Å². The standard InChI is InChI=1S/C51H60N10O16S2.Na/c1-50(2)38-32-36(46(64)76-28-22-52-44(62)34-56-26-20-54-48(56)60(66)67)16-18-40(38)58(24-10-12-30-78(70,71)72)42(50)14-8-6-5-7-9-15-43-51(3,4)39-33-37(17-19-41(39)59(43)25-11-13-31-79(73,74)75)47(65)77-29-23-53-45(63)35-57-27-21-55-49(57)61(68)69;/h5-9,14-21,26-27,32-33H,10-13,22-25,28-31,34-35H2,1-4H3,(H3-,52,53,62,63,70,71,72,73,74,75);/q;+1/p+1. The van der Waals surface area contributed by atoms with Gasteiger partial charge in [-0.1, -0.05) is 54.2 Å². The maximum Gasteiger partial charge on any atom is 1.00 e. The first-order valence-electron chi connectivity index (χ1n) is 24.8. The second-order valence-electron chi connectivity index (χ2n) is 19.3. The summed E-state index contributed by atoms with van der Waals surface area (Å²) in [5.41, 5.74) is 3.92. The Hall–Kier alpha value is -7.21. The van der Waals surface area contributed by atoms with Gasteiger partial charge in [0.25, 0.3) is 32.1 Å². The Bertz CT molecular complexity index is 3380. The summed E-state index contributed by atoms with van der Waals surface area (Å²) in [6.45, 7) is 7.49. The molecule has 0 bridgehead atoms. The van der Waals surface area contributed by atoms with Crippen LogP contribution in [0, 0.1) is 20.2 Å². The van der Waals surface area contributed by atoms with E-state index in [0.29, 0.717) is 25.9 Å². The first-order valence-corrected chi connectivity index (χ1v) is 28.0. The number of nitrogens with zero attached hydrogens (tertiary/aromatic N) is 8. The van der Waals surface area contributed by atoms with E-state index in [-0.39, 0.29) is 92.9 Å². The van der Waals surface area contributed by atoms with Crippen LogP contribution in [0.5, 0.6) is 0 Å². The third-order valence-electron chi connectivity index (χ3n) is 12.9. The summed E-state index contributed by atoms with van der Waals surface area (Å²) < 4.78 is 79.8. The Morgan fingerprint density at radius 1 is 0.700 bits per heavy atom. The molecule has 0 saturated carbocycles. The number of hydrogen-bond donors (Lipinski definition) is 4. The van der Waals surface area contributed by atoms with Gasteiger partial charge in [0.05, 0.1) is 41.1 Å². The van der Waals surface area contributed by atoms with Crippen LogP contribution in [0.4, 0.5) is 23.3 Å². The maximum absolute atomic E-state index is 13.2. The number of anilines is 1. The molecule has 4 aromatic rings. The number of nitro groups is 2. The molecule has 0 fully saturated rings. The molecule has 6 rings (SSSR count). The van der Waals surface area contributed by atoms with Crippen molar-refractivity contribution in [3.63, 3.8) is 0 Å². The Balaban J connectivity index is 0.0000118. The summed E-state index contributed by atoms with van der Waals surface area (Å²) in [7, 11) is -8.36. The molecular formula is C51H61N10NaO16S2+2. The number of rotatable bonds is 28. The topological polar surface area (TPSA) is 348 Å². The third-order valence-corrected chi connectivity index (χ3v) is 14.5. The Kier molecular flexibility index (Phi) is 22.1. The van der Waals surface area contributed by atoms with Crippen molar-refractivity contribution in [1.82, 2.24) is 29.7 Å². The molecule has 29 heteroatoms.